The second kappa shape index (κ2) is 16.4. The molecular formula is C35H38O20. The molecule has 2 aliphatic heterocycles. The van der Waals surface area contributed by atoms with Gasteiger partial charge in [0.05, 0.1) is 12.7 Å². The molecule has 2 saturated heterocycles. The molecule has 55 heavy (non-hydrogen) atoms. The smallest absolute Gasteiger partial charge is 0.303 e. The molecule has 0 spiro atoms. The monoisotopic (exact) mass is 778 g/mol. The van der Waals surface area contributed by atoms with Crippen molar-refractivity contribution < 1.29 is 92.1 Å². The van der Waals surface area contributed by atoms with Gasteiger partial charge in [0.15, 0.2) is 48.0 Å². The van der Waals surface area contributed by atoms with Crippen LogP contribution in [0.25, 0.3) is 22.3 Å². The normalized spacial score (nSPS) is 27.8. The second-order valence-corrected chi connectivity index (χ2v) is 12.6. The first kappa shape index (κ1) is 40.5. The third kappa shape index (κ3) is 8.84. The number of ether oxygens (including phenoxy) is 8. The molecule has 20 nitrogen and oxygen atoms in total. The summed E-state index contributed by atoms with van der Waals surface area (Å²) >= 11 is 0. The third-order valence-corrected chi connectivity index (χ3v) is 8.39. The van der Waals surface area contributed by atoms with Gasteiger partial charge in [-0.05, 0) is 25.1 Å². The minimum atomic E-state index is -1.97. The lowest BCUT2D eigenvalue weighted by Gasteiger charge is -2.44. The van der Waals surface area contributed by atoms with Crippen LogP contribution in [0.5, 0.6) is 28.7 Å². The van der Waals surface area contributed by atoms with Crippen LogP contribution in [0, 0.1) is 0 Å². The van der Waals surface area contributed by atoms with E-state index in [9.17, 15) is 54.6 Å². The van der Waals surface area contributed by atoms with Gasteiger partial charge in [0.25, 0.3) is 0 Å². The van der Waals surface area contributed by atoms with Crippen LogP contribution in [-0.4, -0.2) is 123 Å². The first-order chi connectivity index (χ1) is 25.9. The fraction of sp³-hybridized carbons (Fsp3) is 0.457. The lowest BCUT2D eigenvalue weighted by atomic mass is 9.97. The molecule has 0 radical (unpaired) electrons. The average molecular weight is 779 g/mol. The number of aromatic hydroxyl groups is 4. The Morgan fingerprint density at radius 3 is 1.85 bits per heavy atom. The number of hydrogen-bond acceptors (Lipinski definition) is 20. The van der Waals surface area contributed by atoms with E-state index in [1.807, 2.05) is 0 Å². The fourth-order valence-corrected chi connectivity index (χ4v) is 6.11. The Bertz CT molecular complexity index is 2010. The summed E-state index contributed by atoms with van der Waals surface area (Å²) in [5.74, 6) is -7.17. The average Bonchev–Trinajstić information content (AvgIpc) is 3.08. The SMILES string of the molecule is CC(=O)OC1C(C)OC(OCC2OC(Oc3c(-c4ccc(O)c(O)c4)oc4cc(O)cc(O)c4c3=O)C(OC(C)=O)C(O)C2OC(C)=O)C(OC(C)=O)C1O. The summed E-state index contributed by atoms with van der Waals surface area (Å²) in [6.45, 7) is 4.85. The molecule has 20 heteroatoms. The van der Waals surface area contributed by atoms with Gasteiger partial charge < -0.3 is 73.0 Å². The predicted octanol–water partition coefficient (Wildman–Crippen LogP) is 0.596. The number of phenolic OH excluding ortho intramolecular Hbond substituents is 4. The van der Waals surface area contributed by atoms with E-state index >= 15 is 0 Å². The summed E-state index contributed by atoms with van der Waals surface area (Å²) in [6.07, 6.45) is -16.2. The number of rotatable bonds is 10. The molecule has 0 aliphatic carbocycles. The van der Waals surface area contributed by atoms with Gasteiger partial charge in [-0.15, -0.1) is 0 Å². The molecule has 2 aliphatic rings. The van der Waals surface area contributed by atoms with Gasteiger partial charge in [-0.3, -0.25) is 24.0 Å². The first-order valence-electron chi connectivity index (χ1n) is 16.6. The van der Waals surface area contributed by atoms with Crippen molar-refractivity contribution in [2.45, 2.75) is 96.0 Å². The second-order valence-electron chi connectivity index (χ2n) is 12.6. The maximum atomic E-state index is 14.0. The van der Waals surface area contributed by atoms with Gasteiger partial charge in [-0.1, -0.05) is 0 Å². The molecule has 0 saturated carbocycles. The predicted molar refractivity (Wildman–Crippen MR) is 178 cm³/mol. The molecule has 2 aromatic carbocycles. The van der Waals surface area contributed by atoms with Gasteiger partial charge in [-0.2, -0.15) is 0 Å². The lowest BCUT2D eigenvalue weighted by molar-refractivity contribution is -0.322. The maximum Gasteiger partial charge on any atom is 0.303 e. The Hall–Kier alpha value is -5.67. The number of carbonyl (C=O) groups is 4. The Kier molecular flexibility index (Phi) is 12.1. The van der Waals surface area contributed by atoms with Gasteiger partial charge in [-0.25, -0.2) is 0 Å². The minimum Gasteiger partial charge on any atom is -0.508 e. The highest BCUT2D eigenvalue weighted by atomic mass is 16.8. The quantitative estimate of drug-likeness (QED) is 0.0933. The summed E-state index contributed by atoms with van der Waals surface area (Å²) in [5, 5.41) is 62.9. The molecule has 10 atom stereocenters. The highest BCUT2D eigenvalue weighted by Crippen LogP contribution is 2.40. The van der Waals surface area contributed by atoms with E-state index in [2.05, 4.69) is 0 Å². The van der Waals surface area contributed by atoms with Crippen molar-refractivity contribution in [3.63, 3.8) is 0 Å². The number of benzene rings is 2. The molecular weight excluding hydrogens is 740 g/mol. The molecule has 10 unspecified atom stereocenters. The number of esters is 4. The van der Waals surface area contributed by atoms with Crippen molar-refractivity contribution in [3.05, 3.63) is 40.6 Å². The summed E-state index contributed by atoms with van der Waals surface area (Å²) in [5.41, 5.74) is -1.51. The van der Waals surface area contributed by atoms with Crippen LogP contribution < -0.4 is 10.2 Å². The molecule has 1 aromatic heterocycles. The van der Waals surface area contributed by atoms with Crippen LogP contribution in [-0.2, 0) is 52.3 Å². The summed E-state index contributed by atoms with van der Waals surface area (Å²) < 4.78 is 50.5. The van der Waals surface area contributed by atoms with Crippen molar-refractivity contribution >= 4 is 34.8 Å². The van der Waals surface area contributed by atoms with Crippen molar-refractivity contribution in [1.82, 2.24) is 0 Å². The molecule has 3 heterocycles. The van der Waals surface area contributed by atoms with Gasteiger partial charge in [0, 0.05) is 45.4 Å². The highest BCUT2D eigenvalue weighted by molar-refractivity contribution is 5.88. The number of fused-ring (bicyclic) bond motifs is 1. The van der Waals surface area contributed by atoms with E-state index in [-0.39, 0.29) is 11.1 Å². The van der Waals surface area contributed by atoms with Crippen LogP contribution >= 0.6 is 0 Å². The van der Waals surface area contributed by atoms with Crippen molar-refractivity contribution in [3.8, 4) is 40.1 Å². The Balaban J connectivity index is 1.56. The maximum absolute atomic E-state index is 14.0. The Labute approximate surface area is 310 Å². The molecule has 3 aromatic rings. The van der Waals surface area contributed by atoms with Crippen molar-refractivity contribution in [1.29, 1.82) is 0 Å². The van der Waals surface area contributed by atoms with E-state index in [1.54, 1.807) is 0 Å². The minimum absolute atomic E-state index is 0.0871. The van der Waals surface area contributed by atoms with Crippen molar-refractivity contribution in [2.24, 2.45) is 0 Å². The van der Waals surface area contributed by atoms with Crippen LogP contribution in [0.2, 0.25) is 0 Å². The standard InChI is InChI=1S/C35H38O20/c1-12-28(49-13(2)36)26(45)32(51-15(4)38)34(48-12)47-11-23-30(50-14(3)37)27(46)33(52-16(5)39)35(54-23)55-31-25(44)24-21(43)9-18(40)10-22(24)53-29(31)17-6-7-19(41)20(42)8-17/h6-10,12,23,26-28,30,32-35,40-43,45-46H,11H2,1-5H3. The largest absolute Gasteiger partial charge is 0.508 e. The molecule has 6 N–H and O–H groups in total. The van der Waals surface area contributed by atoms with Crippen LogP contribution in [0.3, 0.4) is 0 Å². The molecule has 298 valence electrons. The number of aliphatic hydroxyl groups is 2. The lowest BCUT2D eigenvalue weighted by Crippen LogP contribution is -2.64. The zero-order valence-electron chi connectivity index (χ0n) is 29.8. The van der Waals surface area contributed by atoms with Crippen LogP contribution in [0.15, 0.2) is 39.5 Å². The van der Waals surface area contributed by atoms with Crippen LogP contribution in [0.4, 0.5) is 0 Å². The molecule has 0 amide bonds. The van der Waals surface area contributed by atoms with Gasteiger partial charge in [0.2, 0.25) is 17.5 Å². The Morgan fingerprint density at radius 1 is 0.691 bits per heavy atom. The zero-order valence-corrected chi connectivity index (χ0v) is 29.8. The van der Waals surface area contributed by atoms with E-state index in [0.717, 1.165) is 52.0 Å². The third-order valence-electron chi connectivity index (χ3n) is 8.39. The van der Waals surface area contributed by atoms with Crippen molar-refractivity contribution in [2.75, 3.05) is 6.61 Å². The van der Waals surface area contributed by atoms with Crippen LogP contribution in [0.1, 0.15) is 34.6 Å². The number of phenols is 4. The van der Waals surface area contributed by atoms with E-state index in [1.165, 1.54) is 13.0 Å². The van der Waals surface area contributed by atoms with E-state index in [4.69, 9.17) is 42.3 Å². The first-order valence-corrected chi connectivity index (χ1v) is 16.6. The number of aliphatic hydroxyl groups excluding tert-OH is 2. The number of carbonyl (C=O) groups excluding carboxylic acids is 4. The summed E-state index contributed by atoms with van der Waals surface area (Å²) in [6, 6.07) is 5.12. The Morgan fingerprint density at radius 2 is 1.25 bits per heavy atom. The molecule has 2 fully saturated rings. The van der Waals surface area contributed by atoms with Gasteiger partial charge >= 0.3 is 23.9 Å². The molecule has 5 rings (SSSR count). The summed E-state index contributed by atoms with van der Waals surface area (Å²) in [4.78, 5) is 62.2. The zero-order chi connectivity index (χ0) is 40.5. The fourth-order valence-electron chi connectivity index (χ4n) is 6.11. The van der Waals surface area contributed by atoms with Gasteiger partial charge in [0.1, 0.15) is 40.8 Å². The number of hydrogen-bond donors (Lipinski definition) is 6. The highest BCUT2D eigenvalue weighted by Gasteiger charge is 2.53. The van der Waals surface area contributed by atoms with E-state index < -0.39 is 137 Å². The van der Waals surface area contributed by atoms with E-state index in [0.29, 0.717) is 0 Å². The summed E-state index contributed by atoms with van der Waals surface area (Å²) in [7, 11) is 0. The topological polar surface area (TPSA) is 294 Å². The molecule has 0 bridgehead atoms.